The smallest absolute Gasteiger partial charge is 0.387 e. The third-order valence-corrected chi connectivity index (χ3v) is 3.27. The Hall–Kier alpha value is -1.93. The summed E-state index contributed by atoms with van der Waals surface area (Å²) in [5, 5.41) is 0. The predicted molar refractivity (Wildman–Crippen MR) is 77.9 cm³/mol. The second-order valence-electron chi connectivity index (χ2n) is 4.24. The summed E-state index contributed by atoms with van der Waals surface area (Å²) in [6.07, 6.45) is 0. The maximum atomic E-state index is 13.1. The number of benzene rings is 2. The van der Waals surface area contributed by atoms with Crippen LogP contribution in [0.4, 0.5) is 13.2 Å². The molecule has 0 spiro atoms. The van der Waals surface area contributed by atoms with Crippen molar-refractivity contribution in [2.24, 2.45) is 0 Å². The second-order valence-corrected chi connectivity index (χ2v) is 5.09. The molecule has 0 heterocycles. The summed E-state index contributed by atoms with van der Waals surface area (Å²) in [7, 11) is 0. The van der Waals surface area contributed by atoms with Gasteiger partial charge in [-0.05, 0) is 64.8 Å². The van der Waals surface area contributed by atoms with Gasteiger partial charge in [-0.15, -0.1) is 0 Å². The summed E-state index contributed by atoms with van der Waals surface area (Å²) in [5.41, 5.74) is 1.88. The largest absolute Gasteiger partial charge is 0.435 e. The van der Waals surface area contributed by atoms with E-state index in [-0.39, 0.29) is 11.6 Å². The number of rotatable bonds is 2. The number of alkyl halides is 2. The van der Waals surface area contributed by atoms with Crippen LogP contribution < -0.4 is 4.74 Å². The Balaban J connectivity index is 2.22. The van der Waals surface area contributed by atoms with Gasteiger partial charge in [-0.2, -0.15) is 8.78 Å². The molecule has 108 valence electrons. The van der Waals surface area contributed by atoms with Crippen LogP contribution in [0.3, 0.4) is 0 Å². The molecule has 0 fully saturated rings. The molecule has 0 bridgehead atoms. The van der Waals surface area contributed by atoms with E-state index in [1.54, 1.807) is 31.2 Å². The van der Waals surface area contributed by atoms with E-state index in [2.05, 4.69) is 32.5 Å². The van der Waals surface area contributed by atoms with Gasteiger partial charge in [0.15, 0.2) is 0 Å². The topological polar surface area (TPSA) is 9.23 Å². The third kappa shape index (κ3) is 4.27. The number of aryl methyl sites for hydroxylation is 1. The van der Waals surface area contributed by atoms with Gasteiger partial charge in [0.2, 0.25) is 0 Å². The summed E-state index contributed by atoms with van der Waals surface area (Å²) < 4.78 is 42.1. The Morgan fingerprint density at radius 2 is 1.67 bits per heavy atom. The maximum Gasteiger partial charge on any atom is 0.387 e. The van der Waals surface area contributed by atoms with Crippen LogP contribution in [0.5, 0.6) is 5.75 Å². The van der Waals surface area contributed by atoms with Crippen molar-refractivity contribution >= 4 is 15.9 Å². The zero-order valence-electron chi connectivity index (χ0n) is 11.0. The molecule has 0 saturated heterocycles. The Labute approximate surface area is 128 Å². The minimum absolute atomic E-state index is 0.125. The molecule has 0 aliphatic carbocycles. The molecule has 0 aliphatic heterocycles. The molecule has 0 N–H and O–H groups in total. The molecule has 0 unspecified atom stereocenters. The first kappa shape index (κ1) is 15.5. The number of hydrogen-bond acceptors (Lipinski definition) is 1. The average molecular weight is 355 g/mol. The fourth-order valence-electron chi connectivity index (χ4n) is 1.67. The monoisotopic (exact) mass is 354 g/mol. The van der Waals surface area contributed by atoms with E-state index in [1.165, 1.54) is 12.1 Å². The van der Waals surface area contributed by atoms with Gasteiger partial charge in [-0.3, -0.25) is 0 Å². The molecule has 0 saturated carbocycles. The summed E-state index contributed by atoms with van der Waals surface area (Å²) in [4.78, 5) is 0. The van der Waals surface area contributed by atoms with E-state index < -0.39 is 6.61 Å². The molecule has 0 amide bonds. The maximum absolute atomic E-state index is 13.1. The highest BCUT2D eigenvalue weighted by Gasteiger charge is 2.06. The van der Waals surface area contributed by atoms with Crippen LogP contribution in [0.1, 0.15) is 16.7 Å². The first-order valence-corrected chi connectivity index (χ1v) is 6.77. The summed E-state index contributed by atoms with van der Waals surface area (Å²) >= 11 is 3.09. The molecule has 0 atom stereocenters. The highest BCUT2D eigenvalue weighted by Crippen LogP contribution is 2.21. The fraction of sp³-hybridized carbons (Fsp3) is 0.125. The van der Waals surface area contributed by atoms with Crippen molar-refractivity contribution < 1.29 is 17.9 Å². The van der Waals surface area contributed by atoms with Gasteiger partial charge in [0.1, 0.15) is 11.6 Å². The molecule has 1 nitrogen and oxygen atoms in total. The van der Waals surface area contributed by atoms with Crippen molar-refractivity contribution in [3.05, 3.63) is 63.4 Å². The molecule has 0 radical (unpaired) electrons. The lowest BCUT2D eigenvalue weighted by molar-refractivity contribution is -0.0502. The Bertz CT molecular complexity index is 717. The summed E-state index contributed by atoms with van der Waals surface area (Å²) in [6, 6.07) is 9.16. The van der Waals surface area contributed by atoms with Crippen molar-refractivity contribution in [2.75, 3.05) is 0 Å². The van der Waals surface area contributed by atoms with Gasteiger partial charge in [-0.1, -0.05) is 11.8 Å². The van der Waals surface area contributed by atoms with E-state index in [9.17, 15) is 13.2 Å². The standard InChI is InChI=1S/C16H10BrF3O/c1-10-8-11(5-7-15(10)21-16(19)20)2-3-12-4-6-14(18)13(17)9-12/h4-9,16H,1H3. The highest BCUT2D eigenvalue weighted by atomic mass is 79.9. The van der Waals surface area contributed by atoms with Crippen LogP contribution in [0.25, 0.3) is 0 Å². The Morgan fingerprint density at radius 1 is 1.05 bits per heavy atom. The van der Waals surface area contributed by atoms with Gasteiger partial charge in [0.05, 0.1) is 4.47 Å². The van der Waals surface area contributed by atoms with Crippen LogP contribution in [0, 0.1) is 24.6 Å². The van der Waals surface area contributed by atoms with Crippen molar-refractivity contribution in [3.8, 4) is 17.6 Å². The number of ether oxygens (including phenoxy) is 1. The van der Waals surface area contributed by atoms with E-state index in [1.807, 2.05) is 0 Å². The van der Waals surface area contributed by atoms with Gasteiger partial charge >= 0.3 is 6.61 Å². The fourth-order valence-corrected chi connectivity index (χ4v) is 2.05. The molecular weight excluding hydrogens is 345 g/mol. The van der Waals surface area contributed by atoms with E-state index in [0.717, 1.165) is 0 Å². The quantitative estimate of drug-likeness (QED) is 0.697. The zero-order chi connectivity index (χ0) is 15.4. The molecule has 2 rings (SSSR count). The lowest BCUT2D eigenvalue weighted by atomic mass is 10.1. The Kier molecular flexibility index (Phi) is 4.92. The summed E-state index contributed by atoms with van der Waals surface area (Å²) in [6.45, 7) is -1.19. The van der Waals surface area contributed by atoms with E-state index in [4.69, 9.17) is 0 Å². The van der Waals surface area contributed by atoms with Gasteiger partial charge in [0.25, 0.3) is 0 Å². The van der Waals surface area contributed by atoms with Gasteiger partial charge in [0, 0.05) is 11.1 Å². The molecular formula is C16H10BrF3O. The molecule has 0 aliphatic rings. The molecule has 5 heteroatoms. The molecule has 2 aromatic rings. The molecule has 21 heavy (non-hydrogen) atoms. The van der Waals surface area contributed by atoms with E-state index in [0.29, 0.717) is 21.2 Å². The Morgan fingerprint density at radius 3 is 2.24 bits per heavy atom. The van der Waals surface area contributed by atoms with Crippen molar-refractivity contribution in [1.29, 1.82) is 0 Å². The van der Waals surface area contributed by atoms with Gasteiger partial charge in [-0.25, -0.2) is 4.39 Å². The minimum atomic E-state index is -2.85. The van der Waals surface area contributed by atoms with Crippen LogP contribution in [-0.4, -0.2) is 6.61 Å². The van der Waals surface area contributed by atoms with Crippen LogP contribution in [-0.2, 0) is 0 Å². The number of hydrogen-bond donors (Lipinski definition) is 0. The normalized spacial score (nSPS) is 10.2. The lowest BCUT2D eigenvalue weighted by Crippen LogP contribution is -2.03. The first-order chi connectivity index (χ1) is 9.95. The number of halogens is 4. The van der Waals surface area contributed by atoms with Crippen LogP contribution >= 0.6 is 15.9 Å². The van der Waals surface area contributed by atoms with Crippen LogP contribution in [0.15, 0.2) is 40.9 Å². The van der Waals surface area contributed by atoms with Crippen LogP contribution in [0.2, 0.25) is 0 Å². The summed E-state index contributed by atoms with van der Waals surface area (Å²) in [5.74, 6) is 5.54. The van der Waals surface area contributed by atoms with Crippen molar-refractivity contribution in [1.82, 2.24) is 0 Å². The minimum Gasteiger partial charge on any atom is -0.435 e. The predicted octanol–water partition coefficient (Wildman–Crippen LogP) is 4.90. The van der Waals surface area contributed by atoms with Crippen molar-refractivity contribution in [3.63, 3.8) is 0 Å². The molecule has 2 aromatic carbocycles. The first-order valence-electron chi connectivity index (χ1n) is 5.98. The third-order valence-electron chi connectivity index (χ3n) is 2.66. The van der Waals surface area contributed by atoms with Gasteiger partial charge < -0.3 is 4.74 Å². The zero-order valence-corrected chi connectivity index (χ0v) is 12.5. The average Bonchev–Trinajstić information content (AvgIpc) is 2.42. The van der Waals surface area contributed by atoms with Crippen molar-refractivity contribution in [2.45, 2.75) is 13.5 Å². The second kappa shape index (κ2) is 6.68. The molecule has 0 aromatic heterocycles. The lowest BCUT2D eigenvalue weighted by Gasteiger charge is -2.07. The van der Waals surface area contributed by atoms with E-state index >= 15 is 0 Å². The highest BCUT2D eigenvalue weighted by molar-refractivity contribution is 9.10. The SMILES string of the molecule is Cc1cc(C#Cc2ccc(F)c(Br)c2)ccc1OC(F)F.